The molecular formula is C36H75FN2O32P5S2-5. The molecule has 42 heteroatoms. The van der Waals surface area contributed by atoms with Gasteiger partial charge in [-0.2, -0.15) is 0 Å². The Morgan fingerprint density at radius 2 is 0.692 bits per heavy atom. The van der Waals surface area contributed by atoms with Crippen molar-refractivity contribution in [2.45, 2.75) is 12.2 Å². The minimum absolute atomic E-state index is 0.00845. The van der Waals surface area contributed by atoms with Gasteiger partial charge in [0.05, 0.1) is 198 Å². The van der Waals surface area contributed by atoms with Gasteiger partial charge in [0.2, 0.25) is 0 Å². The molecule has 0 fully saturated rings. The molecule has 0 aliphatic rings. The van der Waals surface area contributed by atoms with Gasteiger partial charge in [0.1, 0.15) is 32.5 Å². The molecule has 0 aromatic carbocycles. The van der Waals surface area contributed by atoms with E-state index in [9.17, 15) is 51.8 Å². The van der Waals surface area contributed by atoms with E-state index >= 15 is 0 Å². The van der Waals surface area contributed by atoms with Gasteiger partial charge in [0, 0.05) is 6.66 Å². The number of rotatable bonds is 63. The maximum absolute atomic E-state index is 12.8. The SMILES string of the molecule is CNCOCC(COP(=O)([O-])OC(COCNF)COP(=O)([O-])OCCOCCOCCOCCOCCOCCOP(=O)([O-])OCSSCO)OP(=O)([O-])OCCOCCOCCOCCOCCOCCOP(C)(=O)[O-]. The fraction of sp³-hybridized carbons (Fsp3) is 1.00. The number of hydrogen-bond acceptors (Lipinski definition) is 36. The lowest BCUT2D eigenvalue weighted by atomic mass is 10.4. The normalized spacial score (nSPS) is 16.8. The van der Waals surface area contributed by atoms with Gasteiger partial charge in [-0.05, 0) is 7.05 Å². The molecule has 34 nitrogen and oxygen atoms in total. The van der Waals surface area contributed by atoms with Gasteiger partial charge in [0.15, 0.2) is 0 Å². The van der Waals surface area contributed by atoms with Crippen molar-refractivity contribution in [1.82, 2.24) is 10.9 Å². The molecule has 7 atom stereocenters. The van der Waals surface area contributed by atoms with E-state index in [1.54, 1.807) is 0 Å². The van der Waals surface area contributed by atoms with Crippen molar-refractivity contribution in [2.24, 2.45) is 0 Å². The Morgan fingerprint density at radius 1 is 0.397 bits per heavy atom. The van der Waals surface area contributed by atoms with E-state index < -0.39 is 97.5 Å². The standard InChI is InChI=1S/C36H80FN2O32P5S2/c1-38-31-61-27-35(70-75(47,48)66-26-22-60-18-14-56-10-6-51-3-7-53-11-15-57-19-23-63-72(2,41)42)30-68-76(49,50)71-36(28-62-32-39-37)29-67-73(43,44)64-24-20-58-16-12-54-8-4-52-5-9-55-13-17-59-21-25-65-74(45,46)69-34-78-77-33-40/h35-36,38-40H,3-34H2,1-2H3,(H,41,42)(H,43,44)(H,45,46)(H,47,48)(H,49,50)/p-5. The van der Waals surface area contributed by atoms with Crippen molar-refractivity contribution in [3.05, 3.63) is 0 Å². The second-order valence-electron chi connectivity index (χ2n) is 14.2. The smallest absolute Gasteiger partial charge is 0.268 e. The van der Waals surface area contributed by atoms with Crippen LogP contribution in [0, 0.1) is 0 Å². The summed E-state index contributed by atoms with van der Waals surface area (Å²) in [6, 6.07) is 0. The van der Waals surface area contributed by atoms with Crippen LogP contribution in [-0.4, -0.2) is 241 Å². The summed E-state index contributed by atoms with van der Waals surface area (Å²) in [4.78, 5) is 60.1. The Labute approximate surface area is 460 Å². The van der Waals surface area contributed by atoms with Gasteiger partial charge >= 0.3 is 0 Å². The average Bonchev–Trinajstić information content (AvgIpc) is 3.37. The number of halogens is 1. The first-order chi connectivity index (χ1) is 37.3. The summed E-state index contributed by atoms with van der Waals surface area (Å²) < 4.78 is 178. The molecule has 470 valence electrons. The van der Waals surface area contributed by atoms with E-state index in [1.807, 2.05) is 0 Å². The first-order valence-corrected chi connectivity index (χ1v) is 33.7. The van der Waals surface area contributed by atoms with E-state index in [1.165, 1.54) is 7.05 Å². The van der Waals surface area contributed by atoms with Crippen LogP contribution in [0.1, 0.15) is 0 Å². The molecule has 0 aromatic heterocycles. The van der Waals surface area contributed by atoms with Crippen molar-refractivity contribution in [3.63, 3.8) is 0 Å². The summed E-state index contributed by atoms with van der Waals surface area (Å²) in [5.41, 5.74) is 1.14. The molecule has 0 spiro atoms. The fourth-order valence-electron chi connectivity index (χ4n) is 4.60. The summed E-state index contributed by atoms with van der Waals surface area (Å²) in [6.07, 6.45) is -3.38. The van der Waals surface area contributed by atoms with Crippen molar-refractivity contribution >= 4 is 60.5 Å². The van der Waals surface area contributed by atoms with E-state index in [0.29, 0.717) is 6.61 Å². The highest BCUT2D eigenvalue weighted by atomic mass is 33.1. The Hall–Kier alpha value is 0.620. The molecule has 0 aliphatic carbocycles. The zero-order valence-electron chi connectivity index (χ0n) is 43.3. The zero-order valence-corrected chi connectivity index (χ0v) is 49.4. The minimum atomic E-state index is -5.44. The molecule has 0 aliphatic heterocycles. The molecule has 7 unspecified atom stereocenters. The molecular weight excluding hydrogens is 1210 g/mol. The van der Waals surface area contributed by atoms with Gasteiger partial charge < -0.3 is 132 Å². The maximum Gasteiger partial charge on any atom is 0.268 e. The average molecular weight is 1290 g/mol. The number of aliphatic hydroxyl groups is 1. The lowest BCUT2D eigenvalue weighted by Crippen LogP contribution is -2.32. The Morgan fingerprint density at radius 3 is 1.03 bits per heavy atom. The number of phosphoric ester groups is 4. The first-order valence-electron chi connectivity index (χ1n) is 23.4. The number of phosphoric acid groups is 4. The molecule has 0 saturated heterocycles. The predicted octanol–water partition coefficient (Wildman–Crippen LogP) is -1.97. The van der Waals surface area contributed by atoms with Gasteiger partial charge in [-0.3, -0.25) is 23.6 Å². The molecule has 0 radical (unpaired) electrons. The zero-order chi connectivity index (χ0) is 58.0. The first kappa shape index (κ1) is 78.6. The second-order valence-corrected chi connectivity index (χ2v) is 23.9. The molecule has 0 rings (SSSR count). The topological polar surface area (TPSA) is 439 Å². The summed E-state index contributed by atoms with van der Waals surface area (Å²) >= 11 is 0. The van der Waals surface area contributed by atoms with Gasteiger partial charge in [-0.25, -0.2) is 0 Å². The third kappa shape index (κ3) is 57.1. The molecule has 78 heavy (non-hydrogen) atoms. The number of aliphatic hydroxyl groups excluding tert-OH is 1. The van der Waals surface area contributed by atoms with Crippen LogP contribution in [0.25, 0.3) is 0 Å². The van der Waals surface area contributed by atoms with Gasteiger partial charge in [0.25, 0.3) is 31.3 Å². The molecule has 0 bridgehead atoms. The van der Waals surface area contributed by atoms with Crippen LogP contribution < -0.4 is 35.3 Å². The van der Waals surface area contributed by atoms with E-state index in [4.69, 9.17) is 89.1 Å². The van der Waals surface area contributed by atoms with E-state index in [-0.39, 0.29) is 157 Å². The Balaban J connectivity index is 4.35. The van der Waals surface area contributed by atoms with Crippen LogP contribution in [0.5, 0.6) is 0 Å². The monoisotopic (exact) mass is 1290 g/mol. The Bertz CT molecular complexity index is 1630. The molecule has 0 saturated carbocycles. The highest BCUT2D eigenvalue weighted by molar-refractivity contribution is 8.76. The van der Waals surface area contributed by atoms with Crippen LogP contribution in [0.2, 0.25) is 0 Å². The van der Waals surface area contributed by atoms with Crippen molar-refractivity contribution in [2.75, 3.05) is 224 Å². The lowest BCUT2D eigenvalue weighted by molar-refractivity contribution is -0.245. The van der Waals surface area contributed by atoms with E-state index in [2.05, 4.69) is 18.9 Å². The van der Waals surface area contributed by atoms with Crippen molar-refractivity contribution < 1.29 is 154 Å². The van der Waals surface area contributed by atoms with Gasteiger partial charge in [-0.1, -0.05) is 21.6 Å². The second kappa shape index (κ2) is 52.0. The molecule has 3 N–H and O–H groups in total. The number of ether oxygens (including phenoxy) is 12. The Kier molecular flexibility index (Phi) is 52.4. The quantitative estimate of drug-likeness (QED) is 0.0195. The highest BCUT2D eigenvalue weighted by Crippen LogP contribution is 2.45. The molecule has 0 amide bonds. The number of nitrogens with one attached hydrogen (secondary N) is 2. The van der Waals surface area contributed by atoms with Crippen molar-refractivity contribution in [3.8, 4) is 0 Å². The minimum Gasteiger partial charge on any atom is -0.779 e. The van der Waals surface area contributed by atoms with Crippen LogP contribution in [0.3, 0.4) is 0 Å². The largest absolute Gasteiger partial charge is 0.779 e. The molecule has 0 aromatic rings. The van der Waals surface area contributed by atoms with Crippen LogP contribution >= 0.6 is 60.5 Å². The predicted molar refractivity (Wildman–Crippen MR) is 261 cm³/mol. The summed E-state index contributed by atoms with van der Waals surface area (Å²) in [7, 11) is -20.4. The third-order valence-electron chi connectivity index (χ3n) is 7.76. The van der Waals surface area contributed by atoms with Crippen LogP contribution in [0.15, 0.2) is 0 Å². The van der Waals surface area contributed by atoms with Crippen LogP contribution in [0.4, 0.5) is 4.48 Å². The van der Waals surface area contributed by atoms with Crippen molar-refractivity contribution in [1.29, 1.82) is 0 Å². The van der Waals surface area contributed by atoms with Gasteiger partial charge in [-0.15, -0.1) is 10.0 Å². The molecule has 0 heterocycles. The fourth-order valence-corrected chi connectivity index (χ4v) is 9.48. The summed E-state index contributed by atoms with van der Waals surface area (Å²) in [5, 5.41) is 11.2. The summed E-state index contributed by atoms with van der Waals surface area (Å²) in [5.74, 6) is -0.385. The lowest BCUT2D eigenvalue weighted by Gasteiger charge is -2.32. The number of hydrogen-bond donors (Lipinski definition) is 3. The third-order valence-corrected chi connectivity index (χ3v) is 14.2. The highest BCUT2D eigenvalue weighted by Gasteiger charge is 2.26. The maximum atomic E-state index is 12.8. The van der Waals surface area contributed by atoms with E-state index in [0.717, 1.165) is 33.8 Å². The van der Waals surface area contributed by atoms with Crippen LogP contribution in [-0.2, 0) is 120 Å². The summed E-state index contributed by atoms with van der Waals surface area (Å²) in [6.45, 7) is -1.57.